The number of alkyl halides is 1. The van der Waals surface area contributed by atoms with Gasteiger partial charge in [-0.15, -0.1) is 0 Å². The molecule has 0 fully saturated rings. The number of benzene rings is 1. The Hall–Kier alpha value is -0.450. The third-order valence-electron chi connectivity index (χ3n) is 2.57. The Bertz CT molecular complexity index is 562. The van der Waals surface area contributed by atoms with Gasteiger partial charge in [-0.3, -0.25) is 4.98 Å². The smallest absolute Gasteiger partial charge is 0.137 e. The van der Waals surface area contributed by atoms with E-state index in [1.54, 1.807) is 18.5 Å². The van der Waals surface area contributed by atoms with Gasteiger partial charge < -0.3 is 0 Å². The van der Waals surface area contributed by atoms with Crippen LogP contribution >= 0.6 is 43.5 Å². The molecule has 0 saturated carbocycles. The maximum absolute atomic E-state index is 13.5. The molecule has 18 heavy (non-hydrogen) atoms. The van der Waals surface area contributed by atoms with Gasteiger partial charge in [0.05, 0.1) is 9.50 Å². The highest BCUT2D eigenvalue weighted by atomic mass is 79.9. The Morgan fingerprint density at radius 1 is 1.33 bits per heavy atom. The summed E-state index contributed by atoms with van der Waals surface area (Å²) in [5.41, 5.74) is 1.84. The minimum atomic E-state index is -0.266. The summed E-state index contributed by atoms with van der Waals surface area (Å²) in [5.74, 6) is -0.266. The van der Waals surface area contributed by atoms with Gasteiger partial charge >= 0.3 is 0 Å². The third kappa shape index (κ3) is 3.11. The molecule has 0 saturated heterocycles. The van der Waals surface area contributed by atoms with Crippen LogP contribution in [0.2, 0.25) is 5.02 Å². The van der Waals surface area contributed by atoms with Crippen LogP contribution in [-0.4, -0.2) is 4.98 Å². The highest BCUT2D eigenvalue weighted by molar-refractivity contribution is 9.11. The van der Waals surface area contributed by atoms with Crippen LogP contribution in [0.1, 0.15) is 16.0 Å². The first kappa shape index (κ1) is 14.0. The normalized spacial score (nSPS) is 12.4. The summed E-state index contributed by atoms with van der Waals surface area (Å²) in [6.45, 7) is 0. The maximum atomic E-state index is 13.5. The standard InChI is InChI=1S/C13H9Br2ClFN/c14-10(6-8-4-5-18-7-11(8)16)9-2-1-3-12(17)13(9)15/h1-5,7,10H,6H2. The number of rotatable bonds is 3. The van der Waals surface area contributed by atoms with Gasteiger partial charge in [0.25, 0.3) is 0 Å². The van der Waals surface area contributed by atoms with Crippen molar-refractivity contribution in [3.05, 3.63) is 63.1 Å². The van der Waals surface area contributed by atoms with E-state index in [2.05, 4.69) is 36.8 Å². The molecular weight excluding hydrogens is 384 g/mol. The number of pyridine rings is 1. The van der Waals surface area contributed by atoms with Crippen LogP contribution in [0.15, 0.2) is 41.1 Å². The first-order valence-electron chi connectivity index (χ1n) is 5.26. The average molecular weight is 393 g/mol. The fourth-order valence-electron chi connectivity index (χ4n) is 1.63. The summed E-state index contributed by atoms with van der Waals surface area (Å²) >= 11 is 12.9. The second-order valence-corrected chi connectivity index (χ2v) is 6.09. The molecule has 2 rings (SSSR count). The molecule has 0 radical (unpaired) electrons. The molecule has 1 heterocycles. The van der Waals surface area contributed by atoms with Crippen molar-refractivity contribution in [1.82, 2.24) is 4.98 Å². The van der Waals surface area contributed by atoms with Gasteiger partial charge in [-0.05, 0) is 45.6 Å². The first-order valence-corrected chi connectivity index (χ1v) is 7.34. The Morgan fingerprint density at radius 3 is 2.83 bits per heavy atom. The largest absolute Gasteiger partial charge is 0.263 e. The Kier molecular flexibility index (Phi) is 4.76. The molecule has 94 valence electrons. The fraction of sp³-hybridized carbons (Fsp3) is 0.154. The summed E-state index contributed by atoms with van der Waals surface area (Å²) < 4.78 is 13.9. The lowest BCUT2D eigenvalue weighted by Gasteiger charge is -2.13. The molecule has 0 aliphatic carbocycles. The Morgan fingerprint density at radius 2 is 2.11 bits per heavy atom. The molecule has 0 bridgehead atoms. The minimum Gasteiger partial charge on any atom is -0.263 e. The second-order valence-electron chi connectivity index (χ2n) is 3.78. The predicted octanol–water partition coefficient (Wildman–Crippen LogP) is 5.32. The van der Waals surface area contributed by atoms with Crippen LogP contribution in [0.4, 0.5) is 4.39 Å². The highest BCUT2D eigenvalue weighted by Gasteiger charge is 2.15. The van der Waals surface area contributed by atoms with Crippen molar-refractivity contribution in [2.75, 3.05) is 0 Å². The van der Waals surface area contributed by atoms with Crippen molar-refractivity contribution in [2.45, 2.75) is 11.2 Å². The van der Waals surface area contributed by atoms with E-state index >= 15 is 0 Å². The molecule has 0 amide bonds. The van der Waals surface area contributed by atoms with Crippen molar-refractivity contribution in [2.24, 2.45) is 0 Å². The lowest BCUT2D eigenvalue weighted by Crippen LogP contribution is -1.98. The minimum absolute atomic E-state index is 0.0116. The molecule has 5 heteroatoms. The molecule has 0 aliphatic rings. The molecule has 0 spiro atoms. The Labute approximate surface area is 127 Å². The van der Waals surface area contributed by atoms with Crippen molar-refractivity contribution in [3.8, 4) is 0 Å². The van der Waals surface area contributed by atoms with E-state index in [-0.39, 0.29) is 10.6 Å². The van der Waals surface area contributed by atoms with Crippen molar-refractivity contribution in [3.63, 3.8) is 0 Å². The SMILES string of the molecule is Fc1cccc(C(Br)Cc2ccncc2Cl)c1Br. The van der Waals surface area contributed by atoms with E-state index in [0.29, 0.717) is 15.9 Å². The molecular formula is C13H9Br2ClFN. The highest BCUT2D eigenvalue weighted by Crippen LogP contribution is 2.34. The van der Waals surface area contributed by atoms with Gasteiger partial charge in [0.15, 0.2) is 0 Å². The van der Waals surface area contributed by atoms with E-state index < -0.39 is 0 Å². The molecule has 2 aromatic rings. The molecule has 0 N–H and O–H groups in total. The molecule has 0 aliphatic heterocycles. The summed E-state index contributed by atoms with van der Waals surface area (Å²) in [7, 11) is 0. The number of hydrogen-bond donors (Lipinski definition) is 0. The van der Waals surface area contributed by atoms with Crippen molar-refractivity contribution in [1.29, 1.82) is 0 Å². The van der Waals surface area contributed by atoms with Crippen LogP contribution in [0.25, 0.3) is 0 Å². The summed E-state index contributed by atoms with van der Waals surface area (Å²) in [4.78, 5) is 3.93. The number of nitrogens with zero attached hydrogens (tertiary/aromatic N) is 1. The zero-order valence-electron chi connectivity index (χ0n) is 9.21. The number of aromatic nitrogens is 1. The van der Waals surface area contributed by atoms with Crippen molar-refractivity contribution >= 4 is 43.5 Å². The fourth-order valence-corrected chi connectivity index (χ4v) is 3.41. The lowest BCUT2D eigenvalue weighted by molar-refractivity contribution is 0.617. The van der Waals surface area contributed by atoms with Gasteiger partial charge in [-0.25, -0.2) is 4.39 Å². The van der Waals surface area contributed by atoms with E-state index in [4.69, 9.17) is 11.6 Å². The van der Waals surface area contributed by atoms with Gasteiger partial charge in [0.1, 0.15) is 5.82 Å². The average Bonchev–Trinajstić information content (AvgIpc) is 2.35. The number of hydrogen-bond acceptors (Lipinski definition) is 1. The van der Waals surface area contributed by atoms with E-state index in [1.165, 1.54) is 6.07 Å². The van der Waals surface area contributed by atoms with E-state index in [1.807, 2.05) is 12.1 Å². The van der Waals surface area contributed by atoms with Crippen molar-refractivity contribution < 1.29 is 4.39 Å². The zero-order chi connectivity index (χ0) is 13.1. The maximum Gasteiger partial charge on any atom is 0.137 e. The van der Waals surface area contributed by atoms with Crippen LogP contribution < -0.4 is 0 Å². The second kappa shape index (κ2) is 6.13. The third-order valence-corrected chi connectivity index (χ3v) is 4.57. The summed E-state index contributed by atoms with van der Waals surface area (Å²) in [6, 6.07) is 6.86. The quantitative estimate of drug-likeness (QED) is 0.644. The van der Waals surface area contributed by atoms with Gasteiger partial charge in [-0.1, -0.05) is 39.7 Å². The predicted molar refractivity (Wildman–Crippen MR) is 78.7 cm³/mol. The van der Waals surface area contributed by atoms with Gasteiger partial charge in [0, 0.05) is 17.2 Å². The molecule has 1 nitrogen and oxygen atoms in total. The lowest BCUT2D eigenvalue weighted by atomic mass is 10.1. The van der Waals surface area contributed by atoms with E-state index in [0.717, 1.165) is 11.1 Å². The van der Waals surface area contributed by atoms with Crippen LogP contribution in [0, 0.1) is 5.82 Å². The van der Waals surface area contributed by atoms with E-state index in [9.17, 15) is 4.39 Å². The zero-order valence-corrected chi connectivity index (χ0v) is 13.1. The molecule has 1 unspecified atom stereocenters. The Balaban J connectivity index is 2.25. The monoisotopic (exact) mass is 391 g/mol. The summed E-state index contributed by atoms with van der Waals surface area (Å²) in [5, 5.41) is 0.620. The van der Waals surface area contributed by atoms with Crippen LogP contribution in [-0.2, 0) is 6.42 Å². The topological polar surface area (TPSA) is 12.9 Å². The first-order chi connectivity index (χ1) is 8.59. The molecule has 1 aromatic carbocycles. The van der Waals surface area contributed by atoms with Crippen LogP contribution in [0.5, 0.6) is 0 Å². The van der Waals surface area contributed by atoms with Gasteiger partial charge in [0.2, 0.25) is 0 Å². The van der Waals surface area contributed by atoms with Gasteiger partial charge in [-0.2, -0.15) is 0 Å². The summed E-state index contributed by atoms with van der Waals surface area (Å²) in [6.07, 6.45) is 3.97. The molecule has 1 atom stereocenters. The number of halogens is 4. The molecule has 1 aromatic heterocycles. The van der Waals surface area contributed by atoms with Crippen LogP contribution in [0.3, 0.4) is 0 Å².